The van der Waals surface area contributed by atoms with Gasteiger partial charge in [0, 0.05) is 5.92 Å². The molecule has 0 amide bonds. The van der Waals surface area contributed by atoms with Gasteiger partial charge in [0.15, 0.2) is 30.5 Å². The summed E-state index contributed by atoms with van der Waals surface area (Å²) >= 11 is 0. The molecule has 2 aromatic rings. The van der Waals surface area contributed by atoms with E-state index in [9.17, 15) is 21.6 Å². The van der Waals surface area contributed by atoms with Gasteiger partial charge in [0.05, 0.1) is 22.5 Å². The minimum absolute atomic E-state index is 0.0735. The molecule has 2 aromatic carbocycles. The number of hydrogen-bond acceptors (Lipinski definition) is 9. The van der Waals surface area contributed by atoms with E-state index >= 15 is 0 Å². The van der Waals surface area contributed by atoms with E-state index in [2.05, 4.69) is 0 Å². The minimum atomic E-state index is -4.47. The quantitative estimate of drug-likeness (QED) is 0.288. The molecular weight excluding hydrogens is 532 g/mol. The average molecular weight is 567 g/mol. The lowest BCUT2D eigenvalue weighted by molar-refractivity contribution is -0.184. The first-order valence-electron chi connectivity index (χ1n) is 12.3. The summed E-state index contributed by atoms with van der Waals surface area (Å²) in [4.78, 5) is 11.9. The van der Waals surface area contributed by atoms with Crippen LogP contribution in [0.15, 0.2) is 82.6 Å². The van der Waals surface area contributed by atoms with Crippen LogP contribution in [0.25, 0.3) is 0 Å². The fourth-order valence-electron chi connectivity index (χ4n) is 3.91. The first kappa shape index (κ1) is 29.8. The summed E-state index contributed by atoms with van der Waals surface area (Å²) in [5, 5.41) is 0. The Kier molecular flexibility index (Phi) is 10.1. The van der Waals surface area contributed by atoms with Gasteiger partial charge < -0.3 is 18.9 Å². The third-order valence-corrected chi connectivity index (χ3v) is 10.8. The lowest BCUT2D eigenvalue weighted by Crippen LogP contribution is -2.48. The molecule has 11 heteroatoms. The number of carbonyl (C=O) groups is 1. The number of rotatable bonds is 11. The van der Waals surface area contributed by atoms with Crippen molar-refractivity contribution in [3.8, 4) is 0 Å². The third-order valence-electron chi connectivity index (χ3n) is 5.60. The molecule has 0 aromatic heterocycles. The van der Waals surface area contributed by atoms with Crippen LogP contribution in [0.2, 0.25) is 0 Å². The van der Waals surface area contributed by atoms with Crippen molar-refractivity contribution >= 4 is 25.8 Å². The van der Waals surface area contributed by atoms with Gasteiger partial charge in [-0.05, 0) is 50.1 Å². The number of carbonyl (C=O) groups excluding carboxylic acids is 1. The topological polar surface area (TPSA) is 122 Å². The second-order valence-electron chi connectivity index (χ2n) is 9.54. The highest BCUT2D eigenvalue weighted by Crippen LogP contribution is 2.36. The minimum Gasteiger partial charge on any atom is -0.434 e. The van der Waals surface area contributed by atoms with Gasteiger partial charge in [-0.1, -0.05) is 56.3 Å². The molecule has 0 N–H and O–H groups in total. The molecule has 1 heterocycles. The van der Waals surface area contributed by atoms with Gasteiger partial charge >= 0.3 is 6.16 Å². The molecule has 0 saturated heterocycles. The molecule has 0 bridgehead atoms. The first-order valence-corrected chi connectivity index (χ1v) is 15.4. The van der Waals surface area contributed by atoms with Crippen molar-refractivity contribution in [2.45, 2.75) is 60.6 Å². The molecule has 3 atom stereocenters. The van der Waals surface area contributed by atoms with Crippen LogP contribution < -0.4 is 0 Å². The second-order valence-corrected chi connectivity index (χ2v) is 14.0. The SMILES string of the molecule is CC(C)COC(=O)OC[C@H]1O[C@H](OC(C)C)C=C[C@@H]1C(S(=O)(=O)c1ccccc1)S(=O)(=O)c1ccccc1. The summed E-state index contributed by atoms with van der Waals surface area (Å²) in [5.41, 5.74) is 0. The largest absolute Gasteiger partial charge is 0.508 e. The maximum atomic E-state index is 13.9. The molecule has 9 nitrogen and oxygen atoms in total. The van der Waals surface area contributed by atoms with E-state index in [0.717, 1.165) is 0 Å². The Balaban J connectivity index is 2.07. The molecule has 1 aliphatic heterocycles. The summed E-state index contributed by atoms with van der Waals surface area (Å²) < 4.78 is 75.7. The summed E-state index contributed by atoms with van der Waals surface area (Å²) in [6.45, 7) is 6.98. The number of hydrogen-bond donors (Lipinski definition) is 0. The fourth-order valence-corrected chi connectivity index (χ4v) is 8.88. The lowest BCUT2D eigenvalue weighted by Gasteiger charge is -2.36. The van der Waals surface area contributed by atoms with Crippen LogP contribution in [0.5, 0.6) is 0 Å². The molecule has 1 aliphatic rings. The Hall–Kier alpha value is -2.73. The molecule has 38 heavy (non-hydrogen) atoms. The third kappa shape index (κ3) is 7.43. The normalized spacial score (nSPS) is 20.1. The summed E-state index contributed by atoms with van der Waals surface area (Å²) in [5.74, 6) is -1.17. The second kappa shape index (κ2) is 12.9. The van der Waals surface area contributed by atoms with Gasteiger partial charge in [-0.3, -0.25) is 0 Å². The monoisotopic (exact) mass is 566 g/mol. The Labute approximate surface area is 224 Å². The Morgan fingerprint density at radius 2 is 1.34 bits per heavy atom. The van der Waals surface area contributed by atoms with Crippen LogP contribution in [0.3, 0.4) is 0 Å². The number of ether oxygens (including phenoxy) is 4. The van der Waals surface area contributed by atoms with Crippen LogP contribution in [0.1, 0.15) is 27.7 Å². The highest BCUT2D eigenvalue weighted by Gasteiger charge is 2.49. The predicted octanol–water partition coefficient (Wildman–Crippen LogP) is 4.39. The standard InChI is InChI=1S/C27H34O9S2/c1-19(2)17-33-27(28)34-18-24-23(15-16-25(36-24)35-20(3)4)26(37(29,30)21-11-7-5-8-12-21)38(31,32)22-13-9-6-10-14-22/h5-16,19-20,23-26H,17-18H2,1-4H3/t23-,24+,25-/m0/s1. The Bertz CT molecular complexity index is 1220. The first-order chi connectivity index (χ1) is 17.9. The van der Waals surface area contributed by atoms with E-state index in [4.69, 9.17) is 18.9 Å². The van der Waals surface area contributed by atoms with E-state index in [1.807, 2.05) is 13.8 Å². The number of benzene rings is 2. The van der Waals surface area contributed by atoms with Crippen molar-refractivity contribution in [2.75, 3.05) is 13.2 Å². The van der Waals surface area contributed by atoms with Crippen molar-refractivity contribution in [3.05, 3.63) is 72.8 Å². The van der Waals surface area contributed by atoms with Crippen LogP contribution in [0.4, 0.5) is 4.79 Å². The van der Waals surface area contributed by atoms with Crippen molar-refractivity contribution in [2.24, 2.45) is 11.8 Å². The predicted molar refractivity (Wildman–Crippen MR) is 141 cm³/mol. The smallest absolute Gasteiger partial charge is 0.434 e. The van der Waals surface area contributed by atoms with Crippen molar-refractivity contribution in [3.63, 3.8) is 0 Å². The highest BCUT2D eigenvalue weighted by atomic mass is 32.3. The Morgan fingerprint density at radius 3 is 1.82 bits per heavy atom. The van der Waals surface area contributed by atoms with E-state index < -0.39 is 55.3 Å². The van der Waals surface area contributed by atoms with E-state index in [1.165, 1.54) is 60.7 Å². The van der Waals surface area contributed by atoms with Crippen molar-refractivity contribution in [1.82, 2.24) is 0 Å². The summed E-state index contributed by atoms with van der Waals surface area (Å²) in [6, 6.07) is 14.7. The van der Waals surface area contributed by atoms with Crippen LogP contribution >= 0.6 is 0 Å². The number of sulfone groups is 2. The maximum absolute atomic E-state index is 13.9. The molecule has 0 saturated carbocycles. The van der Waals surface area contributed by atoms with E-state index in [1.54, 1.807) is 26.0 Å². The van der Waals surface area contributed by atoms with E-state index in [-0.39, 0.29) is 28.4 Å². The molecule has 0 spiro atoms. The molecule has 208 valence electrons. The van der Waals surface area contributed by atoms with Gasteiger partial charge in [0.2, 0.25) is 0 Å². The fraction of sp³-hybridized carbons (Fsp3) is 0.444. The zero-order valence-electron chi connectivity index (χ0n) is 21.8. The molecule has 0 unspecified atom stereocenters. The van der Waals surface area contributed by atoms with Gasteiger partial charge in [-0.2, -0.15) is 0 Å². The van der Waals surface area contributed by atoms with Gasteiger partial charge in [0.25, 0.3) is 0 Å². The summed E-state index contributed by atoms with van der Waals surface area (Å²) in [6.07, 6.45) is -0.341. The average Bonchev–Trinajstić information content (AvgIpc) is 2.88. The van der Waals surface area contributed by atoms with Gasteiger partial charge in [-0.25, -0.2) is 21.6 Å². The molecule has 0 radical (unpaired) electrons. The highest BCUT2D eigenvalue weighted by molar-refractivity contribution is 8.09. The van der Waals surface area contributed by atoms with Crippen molar-refractivity contribution in [1.29, 1.82) is 0 Å². The van der Waals surface area contributed by atoms with Gasteiger partial charge in [-0.15, -0.1) is 0 Å². The lowest BCUT2D eigenvalue weighted by atomic mass is 10.0. The molecule has 0 aliphatic carbocycles. The molecule has 0 fully saturated rings. The molecular formula is C27H34O9S2. The zero-order chi connectivity index (χ0) is 27.9. The van der Waals surface area contributed by atoms with E-state index in [0.29, 0.717) is 0 Å². The van der Waals surface area contributed by atoms with Crippen molar-refractivity contribution < 1.29 is 40.6 Å². The zero-order valence-corrected chi connectivity index (χ0v) is 23.4. The Morgan fingerprint density at radius 1 is 0.816 bits per heavy atom. The summed E-state index contributed by atoms with van der Waals surface area (Å²) in [7, 11) is -8.94. The van der Waals surface area contributed by atoms with Crippen LogP contribution in [-0.2, 0) is 38.6 Å². The van der Waals surface area contributed by atoms with Crippen LogP contribution in [-0.4, -0.2) is 59.3 Å². The van der Waals surface area contributed by atoms with Gasteiger partial charge in [0.1, 0.15) is 12.7 Å². The molecule has 3 rings (SSSR count). The maximum Gasteiger partial charge on any atom is 0.508 e. The van der Waals surface area contributed by atoms with Crippen LogP contribution in [0, 0.1) is 11.8 Å².